The van der Waals surface area contributed by atoms with Crippen LogP contribution < -0.4 is 16.0 Å². The van der Waals surface area contributed by atoms with Crippen molar-refractivity contribution in [2.45, 2.75) is 20.4 Å². The van der Waals surface area contributed by atoms with Gasteiger partial charge in [-0.25, -0.2) is 0 Å². The van der Waals surface area contributed by atoms with Crippen LogP contribution in [0.15, 0.2) is 54.6 Å². The molecule has 0 fully saturated rings. The van der Waals surface area contributed by atoms with Gasteiger partial charge in [0.2, 0.25) is 11.8 Å². The Morgan fingerprint density at radius 2 is 1.65 bits per heavy atom. The fraction of sp³-hybridized carbons (Fsp3) is 0.250. The van der Waals surface area contributed by atoms with Crippen LogP contribution in [-0.2, 0) is 16.1 Å². The number of carbonyl (C=O) groups is 3. The number of nitrogens with one attached hydrogen (secondary N) is 3. The van der Waals surface area contributed by atoms with Gasteiger partial charge in [-0.2, -0.15) is 0 Å². The first-order valence-corrected chi connectivity index (χ1v) is 8.45. The molecule has 0 aliphatic heterocycles. The summed E-state index contributed by atoms with van der Waals surface area (Å²) in [5.74, 6) is -0.744. The summed E-state index contributed by atoms with van der Waals surface area (Å²) in [4.78, 5) is 35.5. The van der Waals surface area contributed by atoms with E-state index in [4.69, 9.17) is 0 Å². The van der Waals surface area contributed by atoms with E-state index < -0.39 is 0 Å². The molecule has 136 valence electrons. The lowest BCUT2D eigenvalue weighted by Gasteiger charge is -2.10. The molecule has 3 N–H and O–H groups in total. The van der Waals surface area contributed by atoms with E-state index in [2.05, 4.69) is 16.0 Å². The summed E-state index contributed by atoms with van der Waals surface area (Å²) in [6.45, 7) is 3.86. The van der Waals surface area contributed by atoms with E-state index in [0.717, 1.165) is 5.56 Å². The smallest absolute Gasteiger partial charge is 0.251 e. The Morgan fingerprint density at radius 1 is 0.923 bits per heavy atom. The molecule has 0 saturated heterocycles. The normalized spacial score (nSPS) is 10.3. The van der Waals surface area contributed by atoms with E-state index in [-0.39, 0.29) is 30.2 Å². The first kappa shape index (κ1) is 19.2. The molecule has 26 heavy (non-hydrogen) atoms. The molecule has 0 saturated carbocycles. The molecular weight excluding hydrogens is 330 g/mol. The lowest BCUT2D eigenvalue weighted by atomic mass is 10.1. The molecule has 0 spiro atoms. The van der Waals surface area contributed by atoms with Gasteiger partial charge in [0.05, 0.1) is 6.54 Å². The molecule has 2 aromatic rings. The highest BCUT2D eigenvalue weighted by Crippen LogP contribution is 2.11. The minimum absolute atomic E-state index is 0.0604. The van der Waals surface area contributed by atoms with Gasteiger partial charge in [0.25, 0.3) is 5.91 Å². The van der Waals surface area contributed by atoms with Crippen LogP contribution in [0.4, 0.5) is 5.69 Å². The molecule has 0 aliphatic carbocycles. The fourth-order valence-corrected chi connectivity index (χ4v) is 2.16. The Bertz CT molecular complexity index is 773. The van der Waals surface area contributed by atoms with Crippen molar-refractivity contribution in [1.29, 1.82) is 0 Å². The number of hydrogen-bond donors (Lipinski definition) is 3. The van der Waals surface area contributed by atoms with Crippen molar-refractivity contribution in [1.82, 2.24) is 10.6 Å². The average Bonchev–Trinajstić information content (AvgIpc) is 2.65. The predicted molar refractivity (Wildman–Crippen MR) is 101 cm³/mol. The van der Waals surface area contributed by atoms with E-state index in [1.807, 2.05) is 38.1 Å². The number of benzene rings is 2. The summed E-state index contributed by atoms with van der Waals surface area (Å²) in [6.07, 6.45) is 0. The van der Waals surface area contributed by atoms with Gasteiger partial charge in [0.15, 0.2) is 0 Å². The molecule has 2 rings (SSSR count). The zero-order valence-electron chi connectivity index (χ0n) is 14.9. The second-order valence-electron chi connectivity index (χ2n) is 6.17. The van der Waals surface area contributed by atoms with Crippen LogP contribution in [0, 0.1) is 5.92 Å². The Labute approximate surface area is 153 Å². The Kier molecular flexibility index (Phi) is 6.91. The van der Waals surface area contributed by atoms with Crippen LogP contribution >= 0.6 is 0 Å². The second-order valence-corrected chi connectivity index (χ2v) is 6.17. The monoisotopic (exact) mass is 353 g/mol. The Balaban J connectivity index is 1.80. The van der Waals surface area contributed by atoms with Gasteiger partial charge < -0.3 is 16.0 Å². The molecule has 0 atom stereocenters. The lowest BCUT2D eigenvalue weighted by Crippen LogP contribution is -2.36. The van der Waals surface area contributed by atoms with Crippen LogP contribution in [0.25, 0.3) is 0 Å². The zero-order chi connectivity index (χ0) is 18.9. The quantitative estimate of drug-likeness (QED) is 0.714. The standard InChI is InChI=1S/C20H23N3O3/c1-14(2)19(25)23-17-10-6-7-15(11-17)12-21-18(24)13-22-20(26)16-8-4-3-5-9-16/h3-11,14H,12-13H2,1-2H3,(H,21,24)(H,22,26)(H,23,25). The van der Waals surface area contributed by atoms with Crippen molar-refractivity contribution in [3.63, 3.8) is 0 Å². The molecule has 0 heterocycles. The number of carbonyl (C=O) groups excluding carboxylic acids is 3. The van der Waals surface area contributed by atoms with Crippen LogP contribution in [0.1, 0.15) is 29.8 Å². The third kappa shape index (κ3) is 6.05. The fourth-order valence-electron chi connectivity index (χ4n) is 2.16. The molecule has 6 heteroatoms. The van der Waals surface area contributed by atoms with Crippen molar-refractivity contribution in [2.75, 3.05) is 11.9 Å². The SMILES string of the molecule is CC(C)C(=O)Nc1cccc(CNC(=O)CNC(=O)c2ccccc2)c1. The Morgan fingerprint density at radius 3 is 2.35 bits per heavy atom. The summed E-state index contributed by atoms with van der Waals surface area (Å²) in [5, 5.41) is 8.14. The molecule has 0 radical (unpaired) electrons. The van der Waals surface area contributed by atoms with Crippen LogP contribution in [0.5, 0.6) is 0 Å². The molecule has 3 amide bonds. The summed E-state index contributed by atoms with van der Waals surface area (Å²) in [7, 11) is 0. The van der Waals surface area contributed by atoms with Gasteiger partial charge in [-0.1, -0.05) is 44.2 Å². The van der Waals surface area contributed by atoms with E-state index in [1.165, 1.54) is 0 Å². The highest BCUT2D eigenvalue weighted by atomic mass is 16.2. The van der Waals surface area contributed by atoms with Gasteiger partial charge in [-0.05, 0) is 29.8 Å². The Hall–Kier alpha value is -3.15. The third-order valence-electron chi connectivity index (χ3n) is 3.65. The first-order chi connectivity index (χ1) is 12.5. The predicted octanol–water partition coefficient (Wildman–Crippen LogP) is 2.33. The number of anilines is 1. The van der Waals surface area contributed by atoms with Crippen molar-refractivity contribution < 1.29 is 14.4 Å². The molecule has 0 unspecified atom stereocenters. The van der Waals surface area contributed by atoms with Crippen LogP contribution in [-0.4, -0.2) is 24.3 Å². The van der Waals surface area contributed by atoms with Crippen molar-refractivity contribution in [3.05, 3.63) is 65.7 Å². The summed E-state index contributed by atoms with van der Waals surface area (Å²) >= 11 is 0. The summed E-state index contributed by atoms with van der Waals surface area (Å²) in [6, 6.07) is 16.0. The molecular formula is C20H23N3O3. The maximum absolute atomic E-state index is 11.9. The minimum atomic E-state index is -0.292. The molecule has 0 aromatic heterocycles. The first-order valence-electron chi connectivity index (χ1n) is 8.45. The van der Waals surface area contributed by atoms with Gasteiger partial charge in [-0.3, -0.25) is 14.4 Å². The van der Waals surface area contributed by atoms with Crippen LogP contribution in [0.2, 0.25) is 0 Å². The summed E-state index contributed by atoms with van der Waals surface area (Å²) in [5.41, 5.74) is 2.05. The highest BCUT2D eigenvalue weighted by molar-refractivity contribution is 5.96. The van der Waals surface area contributed by atoms with E-state index in [9.17, 15) is 14.4 Å². The number of hydrogen-bond acceptors (Lipinski definition) is 3. The maximum atomic E-state index is 11.9. The average molecular weight is 353 g/mol. The molecule has 0 bridgehead atoms. The largest absolute Gasteiger partial charge is 0.350 e. The number of rotatable bonds is 7. The van der Waals surface area contributed by atoms with E-state index in [0.29, 0.717) is 17.8 Å². The highest BCUT2D eigenvalue weighted by Gasteiger charge is 2.09. The third-order valence-corrected chi connectivity index (χ3v) is 3.65. The number of amides is 3. The van der Waals surface area contributed by atoms with Gasteiger partial charge in [0, 0.05) is 23.7 Å². The summed E-state index contributed by atoms with van der Waals surface area (Å²) < 4.78 is 0. The van der Waals surface area contributed by atoms with E-state index >= 15 is 0 Å². The van der Waals surface area contributed by atoms with Gasteiger partial charge in [0.1, 0.15) is 0 Å². The van der Waals surface area contributed by atoms with E-state index in [1.54, 1.807) is 30.3 Å². The second kappa shape index (κ2) is 9.36. The van der Waals surface area contributed by atoms with Crippen molar-refractivity contribution in [2.24, 2.45) is 5.92 Å². The molecule has 0 aliphatic rings. The topological polar surface area (TPSA) is 87.3 Å². The maximum Gasteiger partial charge on any atom is 0.251 e. The zero-order valence-corrected chi connectivity index (χ0v) is 14.9. The van der Waals surface area contributed by atoms with Crippen LogP contribution in [0.3, 0.4) is 0 Å². The van der Waals surface area contributed by atoms with Crippen molar-refractivity contribution >= 4 is 23.4 Å². The van der Waals surface area contributed by atoms with Gasteiger partial charge >= 0.3 is 0 Å². The minimum Gasteiger partial charge on any atom is -0.350 e. The molecule has 2 aromatic carbocycles. The van der Waals surface area contributed by atoms with Gasteiger partial charge in [-0.15, -0.1) is 0 Å². The molecule has 6 nitrogen and oxygen atoms in total. The lowest BCUT2D eigenvalue weighted by molar-refractivity contribution is -0.120. The van der Waals surface area contributed by atoms with Crippen molar-refractivity contribution in [3.8, 4) is 0 Å².